The van der Waals surface area contributed by atoms with Crippen LogP contribution in [0.15, 0.2) is 0 Å². The van der Waals surface area contributed by atoms with Crippen molar-refractivity contribution >= 4 is 45.0 Å². The van der Waals surface area contributed by atoms with Gasteiger partial charge in [-0.1, -0.05) is 22.7 Å². The fourth-order valence-corrected chi connectivity index (χ4v) is 3.13. The Kier molecular flexibility index (Phi) is 2.13. The number of rotatable bonds is 1. The van der Waals surface area contributed by atoms with Gasteiger partial charge in [0, 0.05) is 0 Å². The van der Waals surface area contributed by atoms with Gasteiger partial charge in [0.25, 0.3) is 0 Å². The van der Waals surface area contributed by atoms with Crippen molar-refractivity contribution in [2.75, 3.05) is 0 Å². The third-order valence-electron chi connectivity index (χ3n) is 1.61. The summed E-state index contributed by atoms with van der Waals surface area (Å²) in [7, 11) is 0. The first-order valence-corrected chi connectivity index (χ1v) is 6.01. The summed E-state index contributed by atoms with van der Waals surface area (Å²) in [6.45, 7) is 6.10. The molecule has 0 aliphatic carbocycles. The Morgan fingerprint density at radius 3 is 2.31 bits per heavy atom. The average Bonchev–Trinajstić information content (AvgIpc) is 2.40. The van der Waals surface area contributed by atoms with Gasteiger partial charge in [-0.25, -0.2) is 9.97 Å². The molecule has 5 heteroatoms. The zero-order valence-electron chi connectivity index (χ0n) is 7.66. The van der Waals surface area contributed by atoms with Crippen molar-refractivity contribution in [2.24, 2.45) is 0 Å². The summed E-state index contributed by atoms with van der Waals surface area (Å²) in [6, 6.07) is 0. The number of hydrogen-bond acceptors (Lipinski definition) is 5. The quantitative estimate of drug-likeness (QED) is 0.761. The maximum atomic E-state index is 4.50. The van der Waals surface area contributed by atoms with Crippen molar-refractivity contribution in [3.8, 4) is 0 Å². The van der Waals surface area contributed by atoms with Crippen LogP contribution in [-0.2, 0) is 4.75 Å². The first-order valence-electron chi connectivity index (χ1n) is 3.93. The van der Waals surface area contributed by atoms with E-state index in [1.807, 2.05) is 20.8 Å². The normalized spacial score (nSPS) is 12.6. The molecular weight excluding hydrogens is 220 g/mol. The second-order valence-electron chi connectivity index (χ2n) is 3.42. The van der Waals surface area contributed by atoms with Crippen molar-refractivity contribution in [3.05, 3.63) is 10.0 Å². The molecule has 2 aromatic heterocycles. The molecule has 0 unspecified atom stereocenters. The van der Waals surface area contributed by atoms with E-state index in [2.05, 4.69) is 22.6 Å². The van der Waals surface area contributed by atoms with Crippen LogP contribution in [-0.4, -0.2) is 9.97 Å². The summed E-state index contributed by atoms with van der Waals surface area (Å²) in [5.41, 5.74) is 0. The highest BCUT2D eigenvalue weighted by molar-refractivity contribution is 7.81. The maximum absolute atomic E-state index is 4.50. The number of aromatic nitrogens is 2. The third-order valence-corrected chi connectivity index (χ3v) is 4.24. The van der Waals surface area contributed by atoms with E-state index in [4.69, 9.17) is 0 Å². The van der Waals surface area contributed by atoms with Gasteiger partial charge >= 0.3 is 0 Å². The first kappa shape index (κ1) is 9.43. The van der Waals surface area contributed by atoms with Crippen molar-refractivity contribution in [1.82, 2.24) is 9.97 Å². The van der Waals surface area contributed by atoms with E-state index in [1.54, 1.807) is 22.7 Å². The van der Waals surface area contributed by atoms with E-state index >= 15 is 0 Å². The molecule has 0 spiro atoms. The van der Waals surface area contributed by atoms with E-state index in [1.165, 1.54) is 0 Å². The van der Waals surface area contributed by atoms with Gasteiger partial charge in [-0.05, 0) is 20.8 Å². The molecule has 0 saturated carbocycles. The summed E-state index contributed by atoms with van der Waals surface area (Å²) in [5.74, 6) is 0. The molecule has 0 atom stereocenters. The van der Waals surface area contributed by atoms with Crippen LogP contribution in [0.25, 0.3) is 9.66 Å². The van der Waals surface area contributed by atoms with Crippen molar-refractivity contribution in [3.63, 3.8) is 0 Å². The predicted octanol–water partition coefficient (Wildman–Crippen LogP) is 3.23. The Balaban J connectivity index is 2.57. The first-order chi connectivity index (χ1) is 5.97. The van der Waals surface area contributed by atoms with Crippen LogP contribution in [0.5, 0.6) is 0 Å². The minimum Gasteiger partial charge on any atom is -0.229 e. The van der Waals surface area contributed by atoms with E-state index < -0.39 is 0 Å². The number of nitrogens with zero attached hydrogens (tertiary/aromatic N) is 2. The lowest BCUT2D eigenvalue weighted by atomic mass is 10.2. The Labute approximate surface area is 90.4 Å². The number of hydrogen-bond donors (Lipinski definition) is 1. The Hall–Kier alpha value is -0.130. The van der Waals surface area contributed by atoms with E-state index in [-0.39, 0.29) is 4.75 Å². The summed E-state index contributed by atoms with van der Waals surface area (Å²) in [5, 5.41) is 2.13. The number of fused-ring (bicyclic) bond motifs is 1. The van der Waals surface area contributed by atoms with Gasteiger partial charge in [0.05, 0.1) is 9.75 Å². The third kappa shape index (κ3) is 1.73. The SMILES string of the molecule is Cc1nc2sc(C(C)(C)S)nc2s1. The molecule has 2 aromatic rings. The summed E-state index contributed by atoms with van der Waals surface area (Å²) < 4.78 is -0.154. The van der Waals surface area contributed by atoms with Gasteiger partial charge in [-0.15, -0.1) is 0 Å². The van der Waals surface area contributed by atoms with Gasteiger partial charge in [0.15, 0.2) is 9.66 Å². The van der Waals surface area contributed by atoms with E-state index in [0.717, 1.165) is 19.7 Å². The molecule has 0 amide bonds. The zero-order chi connectivity index (χ0) is 9.64. The fraction of sp³-hybridized carbons (Fsp3) is 0.500. The standard InChI is InChI=1S/C8H10N2S3/c1-4-9-5-6(12-4)10-7(13-5)8(2,3)11/h11H,1-3H3. The highest BCUT2D eigenvalue weighted by atomic mass is 32.1. The molecule has 0 radical (unpaired) electrons. The lowest BCUT2D eigenvalue weighted by Crippen LogP contribution is -2.06. The highest BCUT2D eigenvalue weighted by Crippen LogP contribution is 2.35. The van der Waals surface area contributed by atoms with Crippen LogP contribution in [0.3, 0.4) is 0 Å². The minimum atomic E-state index is -0.154. The van der Waals surface area contributed by atoms with Gasteiger partial charge < -0.3 is 0 Å². The highest BCUT2D eigenvalue weighted by Gasteiger charge is 2.21. The van der Waals surface area contributed by atoms with Gasteiger partial charge in [0.2, 0.25) is 0 Å². The van der Waals surface area contributed by atoms with Crippen molar-refractivity contribution < 1.29 is 0 Å². The molecule has 13 heavy (non-hydrogen) atoms. The molecule has 2 nitrogen and oxygen atoms in total. The summed E-state index contributed by atoms with van der Waals surface area (Å²) >= 11 is 7.76. The van der Waals surface area contributed by atoms with Crippen LogP contribution in [0.4, 0.5) is 0 Å². The Morgan fingerprint density at radius 2 is 1.77 bits per heavy atom. The van der Waals surface area contributed by atoms with Crippen molar-refractivity contribution in [1.29, 1.82) is 0 Å². The van der Waals surface area contributed by atoms with Gasteiger partial charge in [-0.2, -0.15) is 12.6 Å². The molecule has 0 aliphatic heterocycles. The monoisotopic (exact) mass is 230 g/mol. The number of thiol groups is 1. The van der Waals surface area contributed by atoms with Crippen LogP contribution in [0.1, 0.15) is 23.9 Å². The molecule has 70 valence electrons. The van der Waals surface area contributed by atoms with Crippen LogP contribution < -0.4 is 0 Å². The lowest BCUT2D eigenvalue weighted by molar-refractivity contribution is 0.784. The predicted molar refractivity (Wildman–Crippen MR) is 62.0 cm³/mol. The lowest BCUT2D eigenvalue weighted by Gasteiger charge is -2.11. The second kappa shape index (κ2) is 2.93. The number of aryl methyl sites for hydroxylation is 1. The van der Waals surface area contributed by atoms with Gasteiger partial charge in [-0.3, -0.25) is 0 Å². The fourth-order valence-electron chi connectivity index (χ4n) is 1.00. The largest absolute Gasteiger partial charge is 0.229 e. The van der Waals surface area contributed by atoms with Crippen LogP contribution in [0.2, 0.25) is 0 Å². The molecule has 2 rings (SSSR count). The van der Waals surface area contributed by atoms with Gasteiger partial charge in [0.1, 0.15) is 5.01 Å². The van der Waals surface area contributed by atoms with Crippen LogP contribution in [0, 0.1) is 6.92 Å². The second-order valence-corrected chi connectivity index (χ2v) is 6.70. The van der Waals surface area contributed by atoms with E-state index in [0.29, 0.717) is 0 Å². The molecule has 0 N–H and O–H groups in total. The van der Waals surface area contributed by atoms with Crippen LogP contribution >= 0.6 is 35.3 Å². The number of thiazole rings is 2. The summed E-state index contributed by atoms with van der Waals surface area (Å²) in [6.07, 6.45) is 0. The maximum Gasteiger partial charge on any atom is 0.155 e. The topological polar surface area (TPSA) is 25.8 Å². The molecule has 2 heterocycles. The summed E-state index contributed by atoms with van der Waals surface area (Å²) in [4.78, 5) is 11.0. The molecule has 0 bridgehead atoms. The molecule has 0 saturated heterocycles. The minimum absolute atomic E-state index is 0.154. The average molecular weight is 230 g/mol. The van der Waals surface area contributed by atoms with Crippen molar-refractivity contribution in [2.45, 2.75) is 25.5 Å². The zero-order valence-corrected chi connectivity index (χ0v) is 10.2. The molecular formula is C8H10N2S3. The molecule has 0 fully saturated rings. The Morgan fingerprint density at radius 1 is 1.15 bits per heavy atom. The van der Waals surface area contributed by atoms with E-state index in [9.17, 15) is 0 Å². The smallest absolute Gasteiger partial charge is 0.155 e. The molecule has 0 aliphatic rings. The molecule has 0 aromatic carbocycles. The Bertz CT molecular complexity index is 404.